The third-order valence-corrected chi connectivity index (χ3v) is 3.97. The largest absolute Gasteiger partial charge is 0.477 e. The van der Waals surface area contributed by atoms with E-state index >= 15 is 0 Å². The molecule has 0 saturated carbocycles. The lowest BCUT2D eigenvalue weighted by molar-refractivity contribution is -0.149. The normalized spacial score (nSPS) is 18.0. The van der Waals surface area contributed by atoms with Crippen LogP contribution in [-0.2, 0) is 15.1 Å². The molecule has 2 aromatic rings. The van der Waals surface area contributed by atoms with Crippen LogP contribution in [-0.4, -0.2) is 33.6 Å². The van der Waals surface area contributed by atoms with Crippen LogP contribution in [0, 0.1) is 0 Å². The maximum Gasteiger partial charge on any atom is 0.354 e. The highest BCUT2D eigenvalue weighted by atomic mass is 16.5. The summed E-state index contributed by atoms with van der Waals surface area (Å²) >= 11 is 0. The predicted octanol–water partition coefficient (Wildman–Crippen LogP) is 1.57. The number of aromatic carboxylic acids is 1. The van der Waals surface area contributed by atoms with E-state index in [1.165, 1.54) is 24.3 Å². The molecule has 2 aromatic heterocycles. The van der Waals surface area contributed by atoms with Crippen molar-refractivity contribution in [3.63, 3.8) is 0 Å². The number of hydrogen-bond acceptors (Lipinski definition) is 6. The molecule has 27 heavy (non-hydrogen) atoms. The number of carbonyl (C=O) groups is 2. The molecule has 1 aliphatic heterocycles. The second-order valence-corrected chi connectivity index (χ2v) is 5.75. The molecule has 0 saturated heterocycles. The van der Waals surface area contributed by atoms with Crippen LogP contribution in [0.1, 0.15) is 23.1 Å². The van der Waals surface area contributed by atoms with Crippen molar-refractivity contribution in [1.29, 1.82) is 0 Å². The number of aromatic amines is 1. The minimum Gasteiger partial charge on any atom is -0.477 e. The van der Waals surface area contributed by atoms with E-state index in [1.54, 1.807) is 37.4 Å². The standard InChI is InChI=1S/C19H17N3O5/c1-2-27-18(26)19(8-3-4-9-20-19)16-11-12(23)10-15(22-16)13-6-5-7-14(21-13)17(24)25/h3-11,20H,2H2,1H3,(H,22,23)(H,24,25). The van der Waals surface area contributed by atoms with Crippen LogP contribution in [0.15, 0.2) is 59.6 Å². The molecule has 0 radical (unpaired) electrons. The number of rotatable bonds is 5. The first-order valence-corrected chi connectivity index (χ1v) is 8.21. The average molecular weight is 367 g/mol. The third kappa shape index (κ3) is 3.50. The number of aromatic nitrogens is 2. The van der Waals surface area contributed by atoms with Gasteiger partial charge in [-0.15, -0.1) is 0 Å². The van der Waals surface area contributed by atoms with E-state index in [4.69, 9.17) is 9.84 Å². The number of allylic oxidation sites excluding steroid dienone is 2. The van der Waals surface area contributed by atoms with E-state index in [1.807, 2.05) is 0 Å². The van der Waals surface area contributed by atoms with Crippen molar-refractivity contribution in [2.45, 2.75) is 12.5 Å². The van der Waals surface area contributed by atoms with Crippen LogP contribution in [0.25, 0.3) is 11.4 Å². The van der Waals surface area contributed by atoms with Crippen LogP contribution < -0.4 is 10.7 Å². The van der Waals surface area contributed by atoms with Gasteiger partial charge < -0.3 is 20.1 Å². The molecule has 0 spiro atoms. The van der Waals surface area contributed by atoms with Crippen LogP contribution >= 0.6 is 0 Å². The topological polar surface area (TPSA) is 121 Å². The Bertz CT molecular complexity index is 1010. The third-order valence-electron chi connectivity index (χ3n) is 3.97. The molecular weight excluding hydrogens is 350 g/mol. The van der Waals surface area contributed by atoms with Crippen molar-refractivity contribution in [3.05, 3.63) is 76.4 Å². The van der Waals surface area contributed by atoms with E-state index in [0.29, 0.717) is 0 Å². The first-order valence-electron chi connectivity index (χ1n) is 8.21. The number of hydrogen-bond donors (Lipinski definition) is 3. The zero-order valence-corrected chi connectivity index (χ0v) is 14.4. The quantitative estimate of drug-likeness (QED) is 0.686. The summed E-state index contributed by atoms with van der Waals surface area (Å²) in [6.07, 6.45) is 6.53. The van der Waals surface area contributed by atoms with Gasteiger partial charge in [0.2, 0.25) is 0 Å². The van der Waals surface area contributed by atoms with Gasteiger partial charge in [-0.1, -0.05) is 12.1 Å². The van der Waals surface area contributed by atoms with Gasteiger partial charge >= 0.3 is 11.9 Å². The molecule has 0 amide bonds. The van der Waals surface area contributed by atoms with Gasteiger partial charge in [-0.25, -0.2) is 14.6 Å². The fraction of sp³-hybridized carbons (Fsp3) is 0.158. The number of H-pyrrole nitrogens is 1. The Morgan fingerprint density at radius 2 is 2.07 bits per heavy atom. The summed E-state index contributed by atoms with van der Waals surface area (Å²) in [5, 5.41) is 12.1. The SMILES string of the molecule is CCOC(=O)C1(c2cc(=O)cc(-c3cccc(C(=O)O)n3)[nH]2)C=CC=CN1. The highest BCUT2D eigenvalue weighted by Crippen LogP contribution is 2.26. The number of pyridine rings is 2. The fourth-order valence-electron chi connectivity index (χ4n) is 2.73. The van der Waals surface area contributed by atoms with Gasteiger partial charge in [0.15, 0.2) is 11.0 Å². The molecule has 0 aliphatic carbocycles. The van der Waals surface area contributed by atoms with Gasteiger partial charge in [-0.2, -0.15) is 0 Å². The molecule has 1 unspecified atom stereocenters. The van der Waals surface area contributed by atoms with Crippen molar-refractivity contribution >= 4 is 11.9 Å². The minimum absolute atomic E-state index is 0.155. The van der Waals surface area contributed by atoms with Gasteiger partial charge in [-0.3, -0.25) is 4.79 Å². The number of carboxylic acid groups (broad SMARTS) is 1. The van der Waals surface area contributed by atoms with Crippen molar-refractivity contribution in [3.8, 4) is 11.4 Å². The molecular formula is C19H17N3O5. The summed E-state index contributed by atoms with van der Waals surface area (Å²) in [7, 11) is 0. The lowest BCUT2D eigenvalue weighted by Gasteiger charge is -2.30. The summed E-state index contributed by atoms with van der Waals surface area (Å²) in [6, 6.07) is 7.03. The number of nitrogens with zero attached hydrogens (tertiary/aromatic N) is 1. The van der Waals surface area contributed by atoms with E-state index in [9.17, 15) is 14.4 Å². The van der Waals surface area contributed by atoms with Gasteiger partial charge in [0.05, 0.1) is 23.7 Å². The summed E-state index contributed by atoms with van der Waals surface area (Å²) in [6.45, 7) is 1.86. The van der Waals surface area contributed by atoms with Gasteiger partial charge in [0.1, 0.15) is 5.69 Å². The van der Waals surface area contributed by atoms with Crippen molar-refractivity contribution < 1.29 is 19.4 Å². The maximum absolute atomic E-state index is 12.6. The zero-order chi connectivity index (χ0) is 19.4. The summed E-state index contributed by atoms with van der Waals surface area (Å²) < 4.78 is 5.17. The Labute approximate surface area is 154 Å². The molecule has 3 N–H and O–H groups in total. The zero-order valence-electron chi connectivity index (χ0n) is 14.4. The lowest BCUT2D eigenvalue weighted by Crippen LogP contribution is -2.48. The molecule has 3 rings (SSSR count). The van der Waals surface area contributed by atoms with Gasteiger partial charge in [-0.05, 0) is 37.4 Å². The molecule has 1 aliphatic rings. The Hall–Kier alpha value is -3.68. The summed E-state index contributed by atoms with van der Waals surface area (Å²) in [5.41, 5.74) is -1.11. The van der Waals surface area contributed by atoms with Crippen LogP contribution in [0.5, 0.6) is 0 Å². The second kappa shape index (κ2) is 7.28. The second-order valence-electron chi connectivity index (χ2n) is 5.75. The Morgan fingerprint density at radius 3 is 2.74 bits per heavy atom. The monoisotopic (exact) mass is 367 g/mol. The lowest BCUT2D eigenvalue weighted by atomic mass is 9.92. The van der Waals surface area contributed by atoms with Crippen molar-refractivity contribution in [2.24, 2.45) is 0 Å². The molecule has 0 aromatic carbocycles. The van der Waals surface area contributed by atoms with Crippen LogP contribution in [0.4, 0.5) is 0 Å². The number of dihydropyridines is 1. The number of esters is 1. The number of ether oxygens (including phenoxy) is 1. The molecule has 8 heteroatoms. The number of nitrogens with one attached hydrogen (secondary N) is 2. The minimum atomic E-state index is -1.40. The van der Waals surface area contributed by atoms with Crippen molar-refractivity contribution in [2.75, 3.05) is 6.61 Å². The highest BCUT2D eigenvalue weighted by molar-refractivity contribution is 5.86. The molecule has 3 heterocycles. The fourth-order valence-corrected chi connectivity index (χ4v) is 2.73. The first-order chi connectivity index (χ1) is 13.0. The van der Waals surface area contributed by atoms with Gasteiger partial charge in [0, 0.05) is 12.1 Å². The van der Waals surface area contributed by atoms with Crippen LogP contribution in [0.3, 0.4) is 0 Å². The van der Waals surface area contributed by atoms with Crippen LogP contribution in [0.2, 0.25) is 0 Å². The molecule has 8 nitrogen and oxygen atoms in total. The highest BCUT2D eigenvalue weighted by Gasteiger charge is 2.40. The van der Waals surface area contributed by atoms with E-state index in [-0.39, 0.29) is 34.8 Å². The van der Waals surface area contributed by atoms with E-state index in [0.717, 1.165) is 0 Å². The average Bonchev–Trinajstić information content (AvgIpc) is 2.68. The van der Waals surface area contributed by atoms with E-state index in [2.05, 4.69) is 15.3 Å². The smallest absolute Gasteiger partial charge is 0.354 e. The Balaban J connectivity index is 2.14. The van der Waals surface area contributed by atoms with E-state index < -0.39 is 17.5 Å². The number of carbonyl (C=O) groups excluding carboxylic acids is 1. The molecule has 0 fully saturated rings. The Kier molecular flexibility index (Phi) is 4.89. The summed E-state index contributed by atoms with van der Waals surface area (Å²) in [4.78, 5) is 43.1. The maximum atomic E-state index is 12.6. The molecule has 138 valence electrons. The van der Waals surface area contributed by atoms with Crippen molar-refractivity contribution in [1.82, 2.24) is 15.3 Å². The summed E-state index contributed by atoms with van der Waals surface area (Å²) in [5.74, 6) is -1.76. The predicted molar refractivity (Wildman–Crippen MR) is 97.0 cm³/mol. The molecule has 1 atom stereocenters. The van der Waals surface area contributed by atoms with Gasteiger partial charge in [0.25, 0.3) is 0 Å². The number of carboxylic acids is 1. The first kappa shape index (κ1) is 18.1. The Morgan fingerprint density at radius 1 is 1.26 bits per heavy atom. The molecule has 0 bridgehead atoms.